The fourth-order valence-corrected chi connectivity index (χ4v) is 2.99. The summed E-state index contributed by atoms with van der Waals surface area (Å²) >= 11 is 0. The van der Waals surface area contributed by atoms with Crippen molar-refractivity contribution < 1.29 is 9.18 Å². The molecule has 0 radical (unpaired) electrons. The standard InChI is InChI=1S/C21H23FN4O/c1-14(2)12-19-20(21(27)24-13-16-8-10-23-11-9-16)15(3)26(25-19)18-6-4-17(22)5-7-18/h4-11,14H,12-13H2,1-3H3,(H,24,27). The molecule has 1 amide bonds. The Hall–Kier alpha value is -3.02. The molecule has 3 rings (SSSR count). The lowest BCUT2D eigenvalue weighted by Crippen LogP contribution is -2.24. The fraction of sp³-hybridized carbons (Fsp3) is 0.286. The molecule has 0 saturated carbocycles. The lowest BCUT2D eigenvalue weighted by atomic mass is 10.0. The van der Waals surface area contributed by atoms with E-state index in [-0.39, 0.29) is 11.7 Å². The molecule has 140 valence electrons. The predicted molar refractivity (Wildman–Crippen MR) is 102 cm³/mol. The van der Waals surface area contributed by atoms with Crippen LogP contribution >= 0.6 is 0 Å². The molecule has 27 heavy (non-hydrogen) atoms. The minimum atomic E-state index is -0.304. The maximum absolute atomic E-state index is 13.3. The van der Waals surface area contributed by atoms with Gasteiger partial charge in [-0.1, -0.05) is 13.8 Å². The Morgan fingerprint density at radius 2 is 1.81 bits per heavy atom. The molecule has 0 aliphatic heterocycles. The molecule has 6 heteroatoms. The largest absolute Gasteiger partial charge is 0.348 e. The summed E-state index contributed by atoms with van der Waals surface area (Å²) in [5.41, 5.74) is 3.78. The Labute approximate surface area is 158 Å². The predicted octanol–water partition coefficient (Wildman–Crippen LogP) is 3.84. The van der Waals surface area contributed by atoms with E-state index in [4.69, 9.17) is 0 Å². The summed E-state index contributed by atoms with van der Waals surface area (Å²) in [4.78, 5) is 16.9. The van der Waals surface area contributed by atoms with Gasteiger partial charge in [-0.05, 0) is 61.2 Å². The van der Waals surface area contributed by atoms with Gasteiger partial charge in [0.15, 0.2) is 0 Å². The van der Waals surface area contributed by atoms with Gasteiger partial charge < -0.3 is 5.32 Å². The Balaban J connectivity index is 1.92. The summed E-state index contributed by atoms with van der Waals surface area (Å²) in [5.74, 6) is -0.109. The number of nitrogens with one attached hydrogen (secondary N) is 1. The van der Waals surface area contributed by atoms with Gasteiger partial charge in [0.25, 0.3) is 5.91 Å². The van der Waals surface area contributed by atoms with Gasteiger partial charge in [-0.15, -0.1) is 0 Å². The van der Waals surface area contributed by atoms with Crippen molar-refractivity contribution in [1.29, 1.82) is 0 Å². The van der Waals surface area contributed by atoms with Gasteiger partial charge in [0, 0.05) is 18.9 Å². The molecule has 0 saturated heterocycles. The number of pyridine rings is 1. The van der Waals surface area contributed by atoms with Gasteiger partial charge in [-0.3, -0.25) is 9.78 Å². The van der Waals surface area contributed by atoms with Crippen molar-refractivity contribution in [3.8, 4) is 5.69 Å². The third-order valence-electron chi connectivity index (χ3n) is 4.29. The van der Waals surface area contributed by atoms with Crippen molar-refractivity contribution in [2.24, 2.45) is 5.92 Å². The Morgan fingerprint density at radius 3 is 2.44 bits per heavy atom. The van der Waals surface area contributed by atoms with Gasteiger partial charge in [-0.2, -0.15) is 5.10 Å². The maximum atomic E-state index is 13.3. The number of amides is 1. The van der Waals surface area contributed by atoms with E-state index in [0.717, 1.165) is 22.6 Å². The molecule has 1 aromatic carbocycles. The molecule has 0 fully saturated rings. The summed E-state index contributed by atoms with van der Waals surface area (Å²) in [6.07, 6.45) is 4.08. The van der Waals surface area contributed by atoms with E-state index in [0.29, 0.717) is 24.4 Å². The number of hydrogen-bond acceptors (Lipinski definition) is 3. The number of benzene rings is 1. The van der Waals surface area contributed by atoms with Crippen molar-refractivity contribution >= 4 is 5.91 Å². The van der Waals surface area contributed by atoms with Crippen molar-refractivity contribution in [3.05, 3.63) is 77.1 Å². The molecule has 0 spiro atoms. The lowest BCUT2D eigenvalue weighted by Gasteiger charge is -2.08. The number of carbonyl (C=O) groups excluding carboxylic acids is 1. The summed E-state index contributed by atoms with van der Waals surface area (Å²) in [6.45, 7) is 6.46. The van der Waals surface area contributed by atoms with Gasteiger partial charge in [0.1, 0.15) is 5.82 Å². The first-order valence-corrected chi connectivity index (χ1v) is 8.97. The number of nitrogens with zero attached hydrogens (tertiary/aromatic N) is 3. The SMILES string of the molecule is Cc1c(C(=O)NCc2ccncc2)c(CC(C)C)nn1-c1ccc(F)cc1. The third-order valence-corrected chi connectivity index (χ3v) is 4.29. The summed E-state index contributed by atoms with van der Waals surface area (Å²) < 4.78 is 15.0. The Kier molecular flexibility index (Phi) is 5.64. The molecule has 3 aromatic rings. The molecule has 5 nitrogen and oxygen atoms in total. The van der Waals surface area contributed by atoms with E-state index in [1.54, 1.807) is 29.2 Å². The van der Waals surface area contributed by atoms with Crippen LogP contribution < -0.4 is 5.32 Å². The quantitative estimate of drug-likeness (QED) is 0.721. The monoisotopic (exact) mass is 366 g/mol. The number of halogens is 1. The van der Waals surface area contributed by atoms with E-state index in [2.05, 4.69) is 29.2 Å². The highest BCUT2D eigenvalue weighted by Crippen LogP contribution is 2.21. The van der Waals surface area contributed by atoms with Crippen LogP contribution in [0.4, 0.5) is 4.39 Å². The van der Waals surface area contributed by atoms with Crippen LogP contribution in [0.5, 0.6) is 0 Å². The average molecular weight is 366 g/mol. The van der Waals surface area contributed by atoms with Crippen LogP contribution in [0.3, 0.4) is 0 Å². The minimum absolute atomic E-state index is 0.159. The fourth-order valence-electron chi connectivity index (χ4n) is 2.99. The number of carbonyl (C=O) groups is 1. The molecule has 2 heterocycles. The van der Waals surface area contributed by atoms with Gasteiger partial charge in [0.05, 0.1) is 22.6 Å². The van der Waals surface area contributed by atoms with Crippen LogP contribution in [0, 0.1) is 18.7 Å². The van der Waals surface area contributed by atoms with Gasteiger partial charge in [-0.25, -0.2) is 9.07 Å². The zero-order valence-electron chi connectivity index (χ0n) is 15.7. The first-order valence-electron chi connectivity index (χ1n) is 8.97. The Morgan fingerprint density at radius 1 is 1.15 bits per heavy atom. The normalized spacial score (nSPS) is 11.0. The molecule has 2 aromatic heterocycles. The van der Waals surface area contributed by atoms with Gasteiger partial charge >= 0.3 is 0 Å². The second-order valence-corrected chi connectivity index (χ2v) is 6.93. The van der Waals surface area contributed by atoms with E-state index in [1.807, 2.05) is 19.1 Å². The number of aromatic nitrogens is 3. The van der Waals surface area contributed by atoms with E-state index in [9.17, 15) is 9.18 Å². The molecular formula is C21H23FN4O. The smallest absolute Gasteiger partial charge is 0.255 e. The lowest BCUT2D eigenvalue weighted by molar-refractivity contribution is 0.0949. The second-order valence-electron chi connectivity index (χ2n) is 6.93. The first kappa shape index (κ1) is 18.8. The van der Waals surface area contributed by atoms with Crippen molar-refractivity contribution in [3.63, 3.8) is 0 Å². The molecule has 0 aliphatic carbocycles. The van der Waals surface area contributed by atoms with Crippen LogP contribution in [0.15, 0.2) is 48.8 Å². The molecule has 0 aliphatic rings. The minimum Gasteiger partial charge on any atom is -0.348 e. The highest BCUT2D eigenvalue weighted by atomic mass is 19.1. The van der Waals surface area contributed by atoms with Crippen LogP contribution in [0.2, 0.25) is 0 Å². The second kappa shape index (κ2) is 8.12. The third kappa shape index (κ3) is 4.39. The molecule has 0 unspecified atom stereocenters. The number of rotatable bonds is 6. The zero-order valence-corrected chi connectivity index (χ0v) is 15.7. The molecule has 1 N–H and O–H groups in total. The van der Waals surface area contributed by atoms with Crippen LogP contribution in [0.25, 0.3) is 5.69 Å². The van der Waals surface area contributed by atoms with Gasteiger partial charge in [0.2, 0.25) is 0 Å². The molecular weight excluding hydrogens is 343 g/mol. The maximum Gasteiger partial charge on any atom is 0.255 e. The first-order chi connectivity index (χ1) is 13.0. The number of hydrogen-bond donors (Lipinski definition) is 1. The molecule has 0 bridgehead atoms. The average Bonchev–Trinajstić information content (AvgIpc) is 2.96. The van der Waals surface area contributed by atoms with E-state index < -0.39 is 0 Å². The summed E-state index contributed by atoms with van der Waals surface area (Å²) in [5, 5.41) is 7.61. The van der Waals surface area contributed by atoms with Crippen molar-refractivity contribution in [2.45, 2.75) is 33.7 Å². The van der Waals surface area contributed by atoms with E-state index in [1.165, 1.54) is 12.1 Å². The highest BCUT2D eigenvalue weighted by molar-refractivity contribution is 5.96. The summed E-state index contributed by atoms with van der Waals surface area (Å²) in [6, 6.07) is 9.83. The zero-order chi connectivity index (χ0) is 19.4. The highest BCUT2D eigenvalue weighted by Gasteiger charge is 2.22. The van der Waals surface area contributed by atoms with Crippen LogP contribution in [-0.2, 0) is 13.0 Å². The summed E-state index contributed by atoms with van der Waals surface area (Å²) in [7, 11) is 0. The molecule has 0 atom stereocenters. The van der Waals surface area contributed by atoms with Crippen LogP contribution in [-0.4, -0.2) is 20.7 Å². The van der Waals surface area contributed by atoms with Crippen LogP contribution in [0.1, 0.15) is 41.2 Å². The van der Waals surface area contributed by atoms with Crippen molar-refractivity contribution in [2.75, 3.05) is 0 Å². The van der Waals surface area contributed by atoms with Crippen molar-refractivity contribution in [1.82, 2.24) is 20.1 Å². The Bertz CT molecular complexity index is 917. The topological polar surface area (TPSA) is 59.8 Å². The van der Waals surface area contributed by atoms with E-state index >= 15 is 0 Å².